The number of halogens is 1. The molecule has 0 aliphatic heterocycles. The summed E-state index contributed by atoms with van der Waals surface area (Å²) >= 11 is 3.38. The quantitative estimate of drug-likeness (QED) is 0.616. The Morgan fingerprint density at radius 3 is 2.40 bits per heavy atom. The molecule has 5 heteroatoms. The first kappa shape index (κ1) is 19.2. The maximum atomic E-state index is 12.2. The minimum atomic E-state index is -0.124. The van der Waals surface area contributed by atoms with Crippen LogP contribution in [-0.2, 0) is 11.3 Å². The van der Waals surface area contributed by atoms with E-state index in [0.717, 1.165) is 35.0 Å². The smallest absolute Gasteiger partial charge is 0.252 e. The topological polar surface area (TPSA) is 58.2 Å². The van der Waals surface area contributed by atoms with Crippen molar-refractivity contribution < 1.29 is 9.59 Å². The second-order valence-electron chi connectivity index (χ2n) is 5.86. The van der Waals surface area contributed by atoms with Crippen molar-refractivity contribution in [3.63, 3.8) is 0 Å². The van der Waals surface area contributed by atoms with E-state index in [9.17, 15) is 9.59 Å². The molecule has 0 bridgehead atoms. The van der Waals surface area contributed by atoms with E-state index in [-0.39, 0.29) is 11.8 Å². The van der Waals surface area contributed by atoms with Crippen LogP contribution in [0, 0.1) is 0 Å². The second-order valence-corrected chi connectivity index (χ2v) is 6.72. The molecular formula is C20H23BrN2O2. The molecule has 0 radical (unpaired) electrons. The molecule has 0 heterocycles. The third kappa shape index (κ3) is 6.35. The number of benzene rings is 2. The lowest BCUT2D eigenvalue weighted by atomic mass is 10.1. The van der Waals surface area contributed by atoms with Crippen LogP contribution in [0.5, 0.6) is 0 Å². The normalized spacial score (nSPS) is 10.3. The SMILES string of the molecule is CCCCCC(=O)Nc1ccc(CNC(=O)c2ccccc2Br)cc1. The summed E-state index contributed by atoms with van der Waals surface area (Å²) in [7, 11) is 0. The molecule has 0 unspecified atom stereocenters. The second kappa shape index (κ2) is 9.99. The molecule has 0 fully saturated rings. The molecule has 2 rings (SSSR count). The third-order valence-corrected chi connectivity index (χ3v) is 4.51. The largest absolute Gasteiger partial charge is 0.348 e. The van der Waals surface area contributed by atoms with Crippen LogP contribution in [0.1, 0.15) is 48.5 Å². The summed E-state index contributed by atoms with van der Waals surface area (Å²) in [5.74, 6) is -0.0794. The van der Waals surface area contributed by atoms with E-state index in [0.29, 0.717) is 18.5 Å². The van der Waals surface area contributed by atoms with E-state index in [1.165, 1.54) is 0 Å². The lowest BCUT2D eigenvalue weighted by molar-refractivity contribution is -0.116. The number of nitrogens with one attached hydrogen (secondary N) is 2. The number of anilines is 1. The van der Waals surface area contributed by atoms with Gasteiger partial charge < -0.3 is 10.6 Å². The van der Waals surface area contributed by atoms with Gasteiger partial charge in [0, 0.05) is 23.1 Å². The standard InChI is InChI=1S/C20H23BrN2O2/c1-2-3-4-9-19(24)23-16-12-10-15(11-13-16)14-22-20(25)17-7-5-6-8-18(17)21/h5-8,10-13H,2-4,9,14H2,1H3,(H,22,25)(H,23,24). The van der Waals surface area contributed by atoms with E-state index in [2.05, 4.69) is 33.5 Å². The highest BCUT2D eigenvalue weighted by Crippen LogP contribution is 2.16. The molecule has 0 saturated carbocycles. The zero-order valence-electron chi connectivity index (χ0n) is 14.3. The van der Waals surface area contributed by atoms with Crippen molar-refractivity contribution >= 4 is 33.4 Å². The Morgan fingerprint density at radius 1 is 1.00 bits per heavy atom. The number of rotatable bonds is 8. The average Bonchev–Trinajstić information content (AvgIpc) is 2.61. The lowest BCUT2D eigenvalue weighted by Gasteiger charge is -2.09. The first-order valence-corrected chi connectivity index (χ1v) is 9.31. The number of hydrogen-bond donors (Lipinski definition) is 2. The maximum absolute atomic E-state index is 12.2. The molecule has 0 aliphatic rings. The molecule has 2 amide bonds. The van der Waals surface area contributed by atoms with E-state index < -0.39 is 0 Å². The molecule has 0 saturated heterocycles. The molecule has 0 aliphatic carbocycles. The number of hydrogen-bond acceptors (Lipinski definition) is 2. The van der Waals surface area contributed by atoms with Crippen LogP contribution in [0.3, 0.4) is 0 Å². The molecule has 25 heavy (non-hydrogen) atoms. The molecule has 0 aromatic heterocycles. The Labute approximate surface area is 157 Å². The van der Waals surface area contributed by atoms with Crippen LogP contribution in [0.2, 0.25) is 0 Å². The van der Waals surface area contributed by atoms with Gasteiger partial charge in [0.1, 0.15) is 0 Å². The van der Waals surface area contributed by atoms with Gasteiger partial charge in [-0.3, -0.25) is 9.59 Å². The van der Waals surface area contributed by atoms with Crippen molar-refractivity contribution in [1.29, 1.82) is 0 Å². The van der Waals surface area contributed by atoms with Gasteiger partial charge >= 0.3 is 0 Å². The van der Waals surface area contributed by atoms with E-state index in [4.69, 9.17) is 0 Å². The number of unbranched alkanes of at least 4 members (excludes halogenated alkanes) is 2. The van der Waals surface area contributed by atoms with Crippen molar-refractivity contribution in [3.8, 4) is 0 Å². The number of carbonyl (C=O) groups excluding carboxylic acids is 2. The first-order chi connectivity index (χ1) is 12.1. The van der Waals surface area contributed by atoms with Crippen molar-refractivity contribution in [2.45, 2.75) is 39.2 Å². The van der Waals surface area contributed by atoms with Crippen LogP contribution >= 0.6 is 15.9 Å². The summed E-state index contributed by atoms with van der Waals surface area (Å²) < 4.78 is 0.772. The highest BCUT2D eigenvalue weighted by molar-refractivity contribution is 9.10. The van der Waals surface area contributed by atoms with Gasteiger partial charge in [-0.2, -0.15) is 0 Å². The summed E-state index contributed by atoms with van der Waals surface area (Å²) in [5.41, 5.74) is 2.37. The Balaban J connectivity index is 1.83. The minimum Gasteiger partial charge on any atom is -0.348 e. The monoisotopic (exact) mass is 402 g/mol. The Kier molecular flexibility index (Phi) is 7.67. The molecule has 0 atom stereocenters. The van der Waals surface area contributed by atoms with Crippen LogP contribution in [-0.4, -0.2) is 11.8 Å². The molecule has 2 aromatic carbocycles. The predicted octanol–water partition coefficient (Wildman–Crippen LogP) is 4.90. The van der Waals surface area contributed by atoms with Gasteiger partial charge in [-0.05, 0) is 52.2 Å². The maximum Gasteiger partial charge on any atom is 0.252 e. The Bertz CT molecular complexity index is 714. The van der Waals surface area contributed by atoms with Crippen molar-refractivity contribution in [1.82, 2.24) is 5.32 Å². The van der Waals surface area contributed by atoms with Crippen molar-refractivity contribution in [2.75, 3.05) is 5.32 Å². The highest BCUT2D eigenvalue weighted by Gasteiger charge is 2.08. The summed E-state index contributed by atoms with van der Waals surface area (Å²) in [5, 5.41) is 5.79. The van der Waals surface area contributed by atoms with Gasteiger partial charge in [-0.15, -0.1) is 0 Å². The van der Waals surface area contributed by atoms with Gasteiger partial charge in [-0.1, -0.05) is 44.0 Å². The molecule has 4 nitrogen and oxygen atoms in total. The predicted molar refractivity (Wildman–Crippen MR) is 105 cm³/mol. The fourth-order valence-electron chi connectivity index (χ4n) is 2.39. The van der Waals surface area contributed by atoms with Crippen molar-refractivity contribution in [3.05, 3.63) is 64.1 Å². The third-order valence-electron chi connectivity index (χ3n) is 3.82. The highest BCUT2D eigenvalue weighted by atomic mass is 79.9. The first-order valence-electron chi connectivity index (χ1n) is 8.51. The van der Waals surface area contributed by atoms with Crippen molar-refractivity contribution in [2.24, 2.45) is 0 Å². The molecule has 2 N–H and O–H groups in total. The van der Waals surface area contributed by atoms with E-state index in [1.54, 1.807) is 6.07 Å². The average molecular weight is 403 g/mol. The van der Waals surface area contributed by atoms with E-state index in [1.807, 2.05) is 42.5 Å². The molecule has 2 aromatic rings. The fourth-order valence-corrected chi connectivity index (χ4v) is 2.85. The van der Waals surface area contributed by atoms with Gasteiger partial charge in [0.2, 0.25) is 5.91 Å². The minimum absolute atomic E-state index is 0.0448. The zero-order chi connectivity index (χ0) is 18.1. The molecule has 132 valence electrons. The Hall–Kier alpha value is -2.14. The van der Waals surface area contributed by atoms with E-state index >= 15 is 0 Å². The lowest BCUT2D eigenvalue weighted by Crippen LogP contribution is -2.23. The molecular weight excluding hydrogens is 380 g/mol. The Morgan fingerprint density at radius 2 is 1.72 bits per heavy atom. The summed E-state index contributed by atoms with van der Waals surface area (Å²) in [6, 6.07) is 14.8. The summed E-state index contributed by atoms with van der Waals surface area (Å²) in [6.07, 6.45) is 3.65. The van der Waals surface area contributed by atoms with Crippen LogP contribution in [0.15, 0.2) is 53.0 Å². The summed E-state index contributed by atoms with van der Waals surface area (Å²) in [6.45, 7) is 2.55. The van der Waals surface area contributed by atoms with Crippen LogP contribution < -0.4 is 10.6 Å². The zero-order valence-corrected chi connectivity index (χ0v) is 15.9. The fraction of sp³-hybridized carbons (Fsp3) is 0.300. The van der Waals surface area contributed by atoms with Gasteiger partial charge in [0.15, 0.2) is 0 Å². The van der Waals surface area contributed by atoms with Gasteiger partial charge in [0.05, 0.1) is 5.56 Å². The van der Waals surface area contributed by atoms with Gasteiger partial charge in [-0.25, -0.2) is 0 Å². The number of carbonyl (C=O) groups is 2. The van der Waals surface area contributed by atoms with Gasteiger partial charge in [0.25, 0.3) is 5.91 Å². The molecule has 0 spiro atoms. The van der Waals surface area contributed by atoms with Crippen LogP contribution in [0.4, 0.5) is 5.69 Å². The van der Waals surface area contributed by atoms with Crippen LogP contribution in [0.25, 0.3) is 0 Å². The summed E-state index contributed by atoms with van der Waals surface area (Å²) in [4.78, 5) is 24.0. The number of amides is 2.